The average molecular weight is 279 g/mol. The van der Waals surface area contributed by atoms with E-state index >= 15 is 0 Å². The lowest BCUT2D eigenvalue weighted by Gasteiger charge is -2.06. The molecule has 2 amide bonds. The number of carboxylic acids is 1. The zero-order valence-corrected chi connectivity index (χ0v) is 10.9. The summed E-state index contributed by atoms with van der Waals surface area (Å²) >= 11 is 1.51. The summed E-state index contributed by atoms with van der Waals surface area (Å²) in [7, 11) is 0. The van der Waals surface area contributed by atoms with Crippen molar-refractivity contribution in [2.45, 2.75) is 12.8 Å². The number of nitrogens with zero attached hydrogens (tertiary/aromatic N) is 1. The second kappa shape index (κ2) is 6.14. The van der Waals surface area contributed by atoms with E-state index in [0.29, 0.717) is 18.7 Å². The van der Waals surface area contributed by atoms with Gasteiger partial charge in [-0.2, -0.15) is 0 Å². The second-order valence-electron chi connectivity index (χ2n) is 3.91. The van der Waals surface area contributed by atoms with E-state index in [-0.39, 0.29) is 12.5 Å². The van der Waals surface area contributed by atoms with E-state index in [1.54, 1.807) is 11.6 Å². The molecule has 2 rings (SSSR count). The minimum Gasteiger partial charge on any atom is -0.481 e. The molecule has 1 heterocycles. The van der Waals surface area contributed by atoms with Gasteiger partial charge in [-0.15, -0.1) is 11.3 Å². The average Bonchev–Trinajstić information content (AvgIpc) is 2.82. The third-order valence-electron chi connectivity index (χ3n) is 2.44. The Balaban J connectivity index is 1.82. The van der Waals surface area contributed by atoms with Gasteiger partial charge in [0.25, 0.3) is 0 Å². The number of aliphatic carboxylic acids is 1. The number of rotatable bonds is 5. The monoisotopic (exact) mass is 279 g/mol. The number of benzene rings is 1. The van der Waals surface area contributed by atoms with E-state index in [0.717, 1.165) is 10.2 Å². The van der Waals surface area contributed by atoms with Crippen LogP contribution in [-0.4, -0.2) is 28.6 Å². The summed E-state index contributed by atoms with van der Waals surface area (Å²) < 4.78 is 1.00. The highest BCUT2D eigenvalue weighted by Gasteiger charge is 2.04. The summed E-state index contributed by atoms with van der Waals surface area (Å²) in [6.45, 7) is 0.334. The molecule has 19 heavy (non-hydrogen) atoms. The van der Waals surface area contributed by atoms with Gasteiger partial charge in [0.05, 0.1) is 15.7 Å². The predicted octanol–water partition coefficient (Wildman–Crippen LogP) is 2.28. The highest BCUT2D eigenvalue weighted by Crippen LogP contribution is 2.21. The highest BCUT2D eigenvalue weighted by atomic mass is 32.1. The van der Waals surface area contributed by atoms with Gasteiger partial charge in [0.2, 0.25) is 0 Å². The number of amides is 2. The van der Waals surface area contributed by atoms with Crippen molar-refractivity contribution >= 4 is 39.2 Å². The normalized spacial score (nSPS) is 10.3. The van der Waals surface area contributed by atoms with Gasteiger partial charge in [-0.3, -0.25) is 4.79 Å². The first kappa shape index (κ1) is 13.3. The molecule has 1 aromatic carbocycles. The first-order valence-corrected chi connectivity index (χ1v) is 6.63. The predicted molar refractivity (Wildman–Crippen MR) is 73.5 cm³/mol. The molecule has 0 radical (unpaired) electrons. The van der Waals surface area contributed by atoms with Crippen molar-refractivity contribution in [1.29, 1.82) is 0 Å². The lowest BCUT2D eigenvalue weighted by Crippen LogP contribution is -2.29. The van der Waals surface area contributed by atoms with Crippen molar-refractivity contribution < 1.29 is 14.7 Å². The molecule has 3 N–H and O–H groups in total. The number of hydrogen-bond donors (Lipinski definition) is 3. The van der Waals surface area contributed by atoms with Crippen LogP contribution in [0.1, 0.15) is 12.8 Å². The largest absolute Gasteiger partial charge is 0.481 e. The van der Waals surface area contributed by atoms with Gasteiger partial charge in [0.15, 0.2) is 0 Å². The lowest BCUT2D eigenvalue weighted by atomic mass is 10.3. The molecule has 0 atom stereocenters. The maximum atomic E-state index is 11.5. The molecule has 0 saturated heterocycles. The van der Waals surface area contributed by atoms with Gasteiger partial charge in [0, 0.05) is 18.7 Å². The van der Waals surface area contributed by atoms with E-state index < -0.39 is 5.97 Å². The molecule has 7 heteroatoms. The summed E-state index contributed by atoms with van der Waals surface area (Å²) in [6.07, 6.45) is 0.462. The maximum Gasteiger partial charge on any atom is 0.319 e. The fraction of sp³-hybridized carbons (Fsp3) is 0.250. The molecule has 1 aromatic heterocycles. The zero-order chi connectivity index (χ0) is 13.7. The Morgan fingerprint density at radius 3 is 3.00 bits per heavy atom. The Labute approximate surface area is 113 Å². The number of carbonyl (C=O) groups is 2. The Bertz CT molecular complexity index is 597. The van der Waals surface area contributed by atoms with E-state index in [1.807, 2.05) is 12.1 Å². The van der Waals surface area contributed by atoms with Crippen LogP contribution in [0.25, 0.3) is 10.2 Å². The minimum absolute atomic E-state index is 0.0487. The van der Waals surface area contributed by atoms with Gasteiger partial charge in [-0.1, -0.05) is 0 Å². The van der Waals surface area contributed by atoms with Crippen LogP contribution >= 0.6 is 11.3 Å². The number of anilines is 1. The van der Waals surface area contributed by atoms with Gasteiger partial charge >= 0.3 is 12.0 Å². The molecule has 0 saturated carbocycles. The maximum absolute atomic E-state index is 11.5. The first-order chi connectivity index (χ1) is 9.15. The molecule has 0 aliphatic heterocycles. The van der Waals surface area contributed by atoms with Crippen molar-refractivity contribution in [3.8, 4) is 0 Å². The summed E-state index contributed by atoms with van der Waals surface area (Å²) in [5, 5.41) is 13.8. The van der Waals surface area contributed by atoms with Crippen LogP contribution < -0.4 is 10.6 Å². The Morgan fingerprint density at radius 2 is 2.21 bits per heavy atom. The van der Waals surface area contributed by atoms with E-state index in [4.69, 9.17) is 5.11 Å². The SMILES string of the molecule is O=C(O)CCCNC(=O)Nc1ccc2ncsc2c1. The summed E-state index contributed by atoms with van der Waals surface area (Å²) in [5.74, 6) is -0.863. The molecule has 0 spiro atoms. The molecule has 2 aromatic rings. The van der Waals surface area contributed by atoms with Crippen LogP contribution in [-0.2, 0) is 4.79 Å². The van der Waals surface area contributed by atoms with Crippen molar-refractivity contribution in [3.63, 3.8) is 0 Å². The quantitative estimate of drug-likeness (QED) is 0.732. The molecule has 0 fully saturated rings. The summed E-state index contributed by atoms with van der Waals surface area (Å²) in [4.78, 5) is 26.0. The Morgan fingerprint density at radius 1 is 1.37 bits per heavy atom. The summed E-state index contributed by atoms with van der Waals surface area (Å²) in [5.41, 5.74) is 3.34. The van der Waals surface area contributed by atoms with Crippen LogP contribution in [0.2, 0.25) is 0 Å². The van der Waals surface area contributed by atoms with Crippen molar-refractivity contribution in [2.24, 2.45) is 0 Å². The van der Waals surface area contributed by atoms with E-state index in [1.165, 1.54) is 11.3 Å². The highest BCUT2D eigenvalue weighted by molar-refractivity contribution is 7.16. The van der Waals surface area contributed by atoms with Crippen molar-refractivity contribution in [2.75, 3.05) is 11.9 Å². The molecule has 100 valence electrons. The van der Waals surface area contributed by atoms with Gasteiger partial charge in [0.1, 0.15) is 0 Å². The number of carboxylic acid groups (broad SMARTS) is 1. The first-order valence-electron chi connectivity index (χ1n) is 5.75. The molecule has 0 aliphatic rings. The van der Waals surface area contributed by atoms with E-state index in [9.17, 15) is 9.59 Å². The van der Waals surface area contributed by atoms with Crippen LogP contribution in [0.5, 0.6) is 0 Å². The Hall–Kier alpha value is -2.15. The van der Waals surface area contributed by atoms with Crippen LogP contribution in [0, 0.1) is 0 Å². The molecular formula is C12H13N3O3S. The number of urea groups is 1. The second-order valence-corrected chi connectivity index (χ2v) is 4.80. The molecule has 0 aliphatic carbocycles. The van der Waals surface area contributed by atoms with Gasteiger partial charge < -0.3 is 15.7 Å². The fourth-order valence-electron chi connectivity index (χ4n) is 1.55. The third kappa shape index (κ3) is 3.92. The number of thiazole rings is 1. The van der Waals surface area contributed by atoms with Crippen molar-refractivity contribution in [1.82, 2.24) is 10.3 Å². The zero-order valence-electron chi connectivity index (χ0n) is 10.0. The van der Waals surface area contributed by atoms with Crippen molar-refractivity contribution in [3.05, 3.63) is 23.7 Å². The van der Waals surface area contributed by atoms with Gasteiger partial charge in [-0.25, -0.2) is 9.78 Å². The standard InChI is InChI=1S/C12H13N3O3S/c16-11(17)2-1-5-13-12(18)15-8-3-4-9-10(6-8)19-7-14-9/h3-4,6-7H,1-2,5H2,(H,16,17)(H2,13,15,18). The molecule has 0 unspecified atom stereocenters. The number of fused-ring (bicyclic) bond motifs is 1. The molecule has 6 nitrogen and oxygen atoms in total. The van der Waals surface area contributed by atoms with E-state index in [2.05, 4.69) is 15.6 Å². The number of carbonyl (C=O) groups excluding carboxylic acids is 1. The van der Waals surface area contributed by atoms with Crippen LogP contribution in [0.3, 0.4) is 0 Å². The topological polar surface area (TPSA) is 91.3 Å². The van der Waals surface area contributed by atoms with Crippen LogP contribution in [0.15, 0.2) is 23.7 Å². The number of aromatic nitrogens is 1. The number of nitrogens with one attached hydrogen (secondary N) is 2. The molecular weight excluding hydrogens is 266 g/mol. The minimum atomic E-state index is -0.863. The smallest absolute Gasteiger partial charge is 0.319 e. The van der Waals surface area contributed by atoms with Crippen LogP contribution in [0.4, 0.5) is 10.5 Å². The fourth-order valence-corrected chi connectivity index (χ4v) is 2.27. The summed E-state index contributed by atoms with van der Waals surface area (Å²) in [6, 6.07) is 5.13. The number of hydrogen-bond acceptors (Lipinski definition) is 4. The lowest BCUT2D eigenvalue weighted by molar-refractivity contribution is -0.137. The third-order valence-corrected chi connectivity index (χ3v) is 3.23. The Kier molecular flexibility index (Phi) is 4.30. The molecule has 0 bridgehead atoms. The van der Waals surface area contributed by atoms with Gasteiger partial charge in [-0.05, 0) is 24.6 Å².